The molecule has 1 N–H and O–H groups in total. The van der Waals surface area contributed by atoms with Crippen molar-refractivity contribution in [2.24, 2.45) is 0 Å². The molecule has 0 saturated carbocycles. The predicted octanol–water partition coefficient (Wildman–Crippen LogP) is 2.89. The Hall–Kier alpha value is -1.39. The van der Waals surface area contributed by atoms with Crippen LogP contribution in [0.25, 0.3) is 0 Å². The van der Waals surface area contributed by atoms with Crippen LogP contribution in [0.15, 0.2) is 18.2 Å². The lowest BCUT2D eigenvalue weighted by Crippen LogP contribution is -2.38. The van der Waals surface area contributed by atoms with Crippen molar-refractivity contribution in [3.8, 4) is 0 Å². The quantitative estimate of drug-likeness (QED) is 0.929. The van der Waals surface area contributed by atoms with Crippen molar-refractivity contribution >= 4 is 11.6 Å². The van der Waals surface area contributed by atoms with Crippen molar-refractivity contribution in [1.82, 2.24) is 4.90 Å². The Labute approximate surface area is 139 Å². The lowest BCUT2D eigenvalue weighted by Gasteiger charge is -2.33. The molecule has 2 heterocycles. The van der Waals surface area contributed by atoms with Crippen molar-refractivity contribution in [3.05, 3.63) is 29.3 Å². The second-order valence-corrected chi connectivity index (χ2v) is 6.99. The van der Waals surface area contributed by atoms with Gasteiger partial charge in [0, 0.05) is 31.7 Å². The zero-order valence-corrected chi connectivity index (χ0v) is 14.3. The first-order valence-corrected chi connectivity index (χ1v) is 8.89. The molecule has 2 atom stereocenters. The van der Waals surface area contributed by atoms with Crippen LogP contribution in [0.2, 0.25) is 0 Å². The number of carbonyl (C=O) groups excluding carboxylic acids is 1. The number of hydrogen-bond donors (Lipinski definition) is 1. The van der Waals surface area contributed by atoms with Crippen LogP contribution < -0.4 is 4.90 Å². The molecule has 126 valence electrons. The Morgan fingerprint density at radius 1 is 1.35 bits per heavy atom. The summed E-state index contributed by atoms with van der Waals surface area (Å²) in [5.41, 5.74) is 3.18. The molecule has 2 aliphatic heterocycles. The van der Waals surface area contributed by atoms with Gasteiger partial charge in [0.2, 0.25) is 5.91 Å². The minimum absolute atomic E-state index is 0.0936. The number of benzene rings is 1. The lowest BCUT2D eigenvalue weighted by molar-refractivity contribution is -0.116. The van der Waals surface area contributed by atoms with Crippen molar-refractivity contribution in [2.75, 3.05) is 24.5 Å². The van der Waals surface area contributed by atoms with Crippen molar-refractivity contribution in [3.63, 3.8) is 0 Å². The number of anilines is 1. The molecule has 0 radical (unpaired) electrons. The maximum atomic E-state index is 11.6. The first kappa shape index (κ1) is 16.5. The highest BCUT2D eigenvalue weighted by atomic mass is 16.3. The first-order valence-electron chi connectivity index (χ1n) is 8.89. The van der Waals surface area contributed by atoms with Crippen LogP contribution in [0.3, 0.4) is 0 Å². The van der Waals surface area contributed by atoms with Gasteiger partial charge in [0.1, 0.15) is 0 Å². The van der Waals surface area contributed by atoms with Gasteiger partial charge in [0.15, 0.2) is 0 Å². The summed E-state index contributed by atoms with van der Waals surface area (Å²) in [7, 11) is 0. The zero-order chi connectivity index (χ0) is 16.4. The van der Waals surface area contributed by atoms with Gasteiger partial charge in [-0.1, -0.05) is 18.6 Å². The molecule has 23 heavy (non-hydrogen) atoms. The summed E-state index contributed by atoms with van der Waals surface area (Å²) in [5.74, 6) is 0.0936. The lowest BCUT2D eigenvalue weighted by atomic mass is 10.00. The smallest absolute Gasteiger partial charge is 0.223 e. The van der Waals surface area contributed by atoms with Gasteiger partial charge in [-0.15, -0.1) is 0 Å². The minimum Gasteiger partial charge on any atom is -0.388 e. The number of likely N-dealkylation sites (tertiary alicyclic amines) is 1. The van der Waals surface area contributed by atoms with Gasteiger partial charge in [-0.05, 0) is 56.3 Å². The zero-order valence-electron chi connectivity index (χ0n) is 14.3. The normalized spacial score (nSPS) is 22.9. The monoisotopic (exact) mass is 316 g/mol. The molecule has 1 aromatic carbocycles. The third-order valence-electron chi connectivity index (χ3n) is 5.39. The average molecular weight is 316 g/mol. The molecule has 0 bridgehead atoms. The van der Waals surface area contributed by atoms with Gasteiger partial charge in [-0.25, -0.2) is 0 Å². The molecule has 2 unspecified atom stereocenters. The maximum absolute atomic E-state index is 11.6. The molecule has 1 fully saturated rings. The largest absolute Gasteiger partial charge is 0.388 e. The standard InChI is InChI=1S/C19H28N2O2/c1-14-5-3-4-10-20(14)11-9-19(23)17-6-7-18-16(13-17)8-12-21(18)15(2)22/h6-7,13-14,19,23H,3-5,8-12H2,1-2H3. The Morgan fingerprint density at radius 2 is 2.17 bits per heavy atom. The van der Waals surface area contributed by atoms with Crippen molar-refractivity contribution in [2.45, 2.75) is 58.1 Å². The van der Waals surface area contributed by atoms with Gasteiger partial charge in [-0.2, -0.15) is 0 Å². The number of fused-ring (bicyclic) bond motifs is 1. The fourth-order valence-corrected chi connectivity index (χ4v) is 3.90. The SMILES string of the molecule is CC(=O)N1CCc2cc(C(O)CCN3CCCCC3C)ccc21. The Bertz CT molecular complexity index is 572. The fourth-order valence-electron chi connectivity index (χ4n) is 3.90. The predicted molar refractivity (Wildman–Crippen MR) is 92.6 cm³/mol. The molecule has 0 aromatic heterocycles. The third-order valence-corrected chi connectivity index (χ3v) is 5.39. The number of aliphatic hydroxyl groups is 1. The number of carbonyl (C=O) groups is 1. The number of piperidine rings is 1. The molecule has 0 spiro atoms. The Kier molecular flexibility index (Phi) is 5.02. The second-order valence-electron chi connectivity index (χ2n) is 6.99. The highest BCUT2D eigenvalue weighted by Crippen LogP contribution is 2.31. The molecule has 1 amide bonds. The molecule has 1 aromatic rings. The van der Waals surface area contributed by atoms with E-state index in [1.54, 1.807) is 6.92 Å². The van der Waals surface area contributed by atoms with E-state index in [0.717, 1.165) is 43.7 Å². The van der Waals surface area contributed by atoms with E-state index in [4.69, 9.17) is 0 Å². The molecular weight excluding hydrogens is 288 g/mol. The van der Waals surface area contributed by atoms with Crippen LogP contribution in [0.1, 0.15) is 56.8 Å². The summed E-state index contributed by atoms with van der Waals surface area (Å²) >= 11 is 0. The third kappa shape index (κ3) is 3.59. The summed E-state index contributed by atoms with van der Waals surface area (Å²) < 4.78 is 0. The summed E-state index contributed by atoms with van der Waals surface area (Å²) in [6, 6.07) is 6.69. The Balaban J connectivity index is 1.62. The maximum Gasteiger partial charge on any atom is 0.223 e. The van der Waals surface area contributed by atoms with Gasteiger partial charge < -0.3 is 14.9 Å². The van der Waals surface area contributed by atoms with E-state index in [9.17, 15) is 9.90 Å². The summed E-state index contributed by atoms with van der Waals surface area (Å²) in [4.78, 5) is 15.9. The van der Waals surface area contributed by atoms with Gasteiger partial charge in [0.05, 0.1) is 6.10 Å². The molecule has 4 heteroatoms. The van der Waals surface area contributed by atoms with Crippen LogP contribution in [-0.2, 0) is 11.2 Å². The van der Waals surface area contributed by atoms with E-state index in [1.165, 1.54) is 24.8 Å². The van der Waals surface area contributed by atoms with Gasteiger partial charge in [-0.3, -0.25) is 4.79 Å². The topological polar surface area (TPSA) is 43.8 Å². The summed E-state index contributed by atoms with van der Waals surface area (Å²) in [5, 5.41) is 10.5. The Morgan fingerprint density at radius 3 is 2.91 bits per heavy atom. The van der Waals surface area contributed by atoms with Crippen LogP contribution in [0.4, 0.5) is 5.69 Å². The minimum atomic E-state index is -0.416. The van der Waals surface area contributed by atoms with E-state index in [-0.39, 0.29) is 5.91 Å². The molecule has 1 saturated heterocycles. The molecule has 2 aliphatic rings. The van der Waals surface area contributed by atoms with Crippen LogP contribution in [-0.4, -0.2) is 41.6 Å². The van der Waals surface area contributed by atoms with Crippen LogP contribution in [0.5, 0.6) is 0 Å². The first-order chi connectivity index (χ1) is 11.1. The number of aliphatic hydroxyl groups excluding tert-OH is 1. The number of rotatable bonds is 4. The van der Waals surface area contributed by atoms with Gasteiger partial charge >= 0.3 is 0 Å². The number of nitrogens with zero attached hydrogens (tertiary/aromatic N) is 2. The molecule has 0 aliphatic carbocycles. The molecular formula is C19H28N2O2. The molecule has 3 rings (SSSR count). The highest BCUT2D eigenvalue weighted by molar-refractivity contribution is 5.93. The number of hydrogen-bond acceptors (Lipinski definition) is 3. The van der Waals surface area contributed by atoms with E-state index in [0.29, 0.717) is 6.04 Å². The van der Waals surface area contributed by atoms with E-state index >= 15 is 0 Å². The van der Waals surface area contributed by atoms with Crippen molar-refractivity contribution in [1.29, 1.82) is 0 Å². The van der Waals surface area contributed by atoms with E-state index in [1.807, 2.05) is 17.0 Å². The van der Waals surface area contributed by atoms with Crippen LogP contribution in [0, 0.1) is 0 Å². The van der Waals surface area contributed by atoms with E-state index < -0.39 is 6.10 Å². The average Bonchev–Trinajstić information content (AvgIpc) is 2.97. The second kappa shape index (κ2) is 7.02. The fraction of sp³-hybridized carbons (Fsp3) is 0.632. The van der Waals surface area contributed by atoms with Gasteiger partial charge in [0.25, 0.3) is 0 Å². The highest BCUT2D eigenvalue weighted by Gasteiger charge is 2.24. The van der Waals surface area contributed by atoms with Crippen molar-refractivity contribution < 1.29 is 9.90 Å². The molecule has 4 nitrogen and oxygen atoms in total. The summed E-state index contributed by atoms with van der Waals surface area (Å²) in [6.45, 7) is 6.77. The van der Waals surface area contributed by atoms with E-state index in [2.05, 4.69) is 17.9 Å². The van der Waals surface area contributed by atoms with Crippen LogP contribution >= 0.6 is 0 Å². The summed E-state index contributed by atoms with van der Waals surface area (Å²) in [6.07, 6.45) is 5.13. The number of amides is 1.